The summed E-state index contributed by atoms with van der Waals surface area (Å²) < 4.78 is 56.8. The van der Waals surface area contributed by atoms with Crippen molar-refractivity contribution in [1.82, 2.24) is 19.1 Å². The zero-order valence-corrected chi connectivity index (χ0v) is 20.9. The number of nitrogens with zero attached hydrogens (tertiary/aromatic N) is 4. The van der Waals surface area contributed by atoms with E-state index in [0.717, 1.165) is 37.0 Å². The molecular weight excluding hydrogens is 486 g/mol. The molecule has 0 aliphatic carbocycles. The molecule has 0 radical (unpaired) electrons. The molecular formula is C26H30F2N4O3S. The molecule has 1 fully saturated rings. The summed E-state index contributed by atoms with van der Waals surface area (Å²) in [6, 6.07) is 9.79. The van der Waals surface area contributed by atoms with Gasteiger partial charge in [-0.15, -0.1) is 0 Å². The summed E-state index contributed by atoms with van der Waals surface area (Å²) in [6.07, 6.45) is 9.59. The number of hydrogen-bond acceptors (Lipinski definition) is 5. The predicted octanol–water partition coefficient (Wildman–Crippen LogP) is 4.36. The van der Waals surface area contributed by atoms with Gasteiger partial charge in [0.25, 0.3) is 0 Å². The fourth-order valence-electron chi connectivity index (χ4n) is 4.52. The SMILES string of the molecule is C[C@@H](C/C=C/c1ccc(S(=O)(=O)N2CCCCC2)cc1)[C@](O)(Cn1cncn1)c1ccc(F)cc1F. The molecule has 1 aliphatic heterocycles. The van der Waals surface area contributed by atoms with Crippen molar-refractivity contribution < 1.29 is 22.3 Å². The molecule has 2 aromatic carbocycles. The molecule has 7 nitrogen and oxygen atoms in total. The quantitative estimate of drug-likeness (QED) is 0.457. The van der Waals surface area contributed by atoms with Gasteiger partial charge in [0.1, 0.15) is 29.9 Å². The van der Waals surface area contributed by atoms with Crippen LogP contribution in [0.5, 0.6) is 0 Å². The summed E-state index contributed by atoms with van der Waals surface area (Å²) in [5, 5.41) is 15.6. The standard InChI is InChI=1S/C26H30F2N4O3S/c1-20(26(33,17-31-19-29-18-30-31)24-13-10-22(27)16-25(24)28)6-5-7-21-8-11-23(12-9-21)36(34,35)32-14-3-2-4-15-32/h5,7-13,16,18-20,33H,2-4,6,14-15,17H2,1H3/b7-5+/t20-,26+/m0/s1. The maximum absolute atomic E-state index is 14.7. The average Bonchev–Trinajstić information content (AvgIpc) is 3.37. The van der Waals surface area contributed by atoms with Gasteiger partial charge >= 0.3 is 0 Å². The van der Waals surface area contributed by atoms with Gasteiger partial charge in [0.2, 0.25) is 10.0 Å². The van der Waals surface area contributed by atoms with Gasteiger partial charge < -0.3 is 5.11 Å². The van der Waals surface area contributed by atoms with Crippen molar-refractivity contribution in [2.45, 2.75) is 49.6 Å². The molecule has 1 saturated heterocycles. The number of rotatable bonds is 9. The Hall–Kier alpha value is -2.95. The van der Waals surface area contributed by atoms with Crippen LogP contribution in [0.4, 0.5) is 8.78 Å². The van der Waals surface area contributed by atoms with Crippen molar-refractivity contribution in [3.63, 3.8) is 0 Å². The first-order valence-corrected chi connectivity index (χ1v) is 13.4. The van der Waals surface area contributed by atoms with Gasteiger partial charge in [0, 0.05) is 24.7 Å². The van der Waals surface area contributed by atoms with Crippen molar-refractivity contribution in [2.24, 2.45) is 5.92 Å². The van der Waals surface area contributed by atoms with E-state index in [1.807, 2.05) is 12.2 Å². The molecule has 0 spiro atoms. The second kappa shape index (κ2) is 11.0. The Morgan fingerprint density at radius 2 is 1.83 bits per heavy atom. The average molecular weight is 517 g/mol. The maximum Gasteiger partial charge on any atom is 0.243 e. The third-order valence-electron chi connectivity index (χ3n) is 6.72. The van der Waals surface area contributed by atoms with Crippen molar-refractivity contribution in [2.75, 3.05) is 13.1 Å². The first-order chi connectivity index (χ1) is 17.2. The Labute approximate surface area is 210 Å². The van der Waals surface area contributed by atoms with Crippen LogP contribution in [0.25, 0.3) is 6.08 Å². The van der Waals surface area contributed by atoms with Crippen LogP contribution in [-0.2, 0) is 22.2 Å². The van der Waals surface area contributed by atoms with Crippen LogP contribution in [0.2, 0.25) is 0 Å². The summed E-state index contributed by atoms with van der Waals surface area (Å²) in [5.41, 5.74) is -0.900. The lowest BCUT2D eigenvalue weighted by Crippen LogP contribution is -2.39. The van der Waals surface area contributed by atoms with E-state index in [9.17, 15) is 22.3 Å². The molecule has 0 bridgehead atoms. The van der Waals surface area contributed by atoms with Crippen LogP contribution in [-0.4, -0.2) is 45.7 Å². The zero-order valence-electron chi connectivity index (χ0n) is 20.1. The molecule has 0 amide bonds. The number of benzene rings is 2. The van der Waals surface area contributed by atoms with E-state index in [1.54, 1.807) is 31.2 Å². The highest BCUT2D eigenvalue weighted by Gasteiger charge is 2.38. The molecule has 1 aromatic heterocycles. The van der Waals surface area contributed by atoms with Crippen molar-refractivity contribution in [1.29, 1.82) is 0 Å². The molecule has 1 N–H and O–H groups in total. The van der Waals surface area contributed by atoms with Crippen molar-refractivity contribution >= 4 is 16.1 Å². The first-order valence-electron chi connectivity index (χ1n) is 12.0. The summed E-state index contributed by atoms with van der Waals surface area (Å²) in [4.78, 5) is 4.15. The third kappa shape index (κ3) is 5.71. The van der Waals surface area contributed by atoms with Gasteiger partial charge in [-0.05, 0) is 48.9 Å². The third-order valence-corrected chi connectivity index (χ3v) is 8.63. The van der Waals surface area contributed by atoms with Gasteiger partial charge in [-0.25, -0.2) is 26.9 Å². The zero-order chi connectivity index (χ0) is 25.8. The number of sulfonamides is 1. The normalized spacial score (nSPS) is 17.8. The van der Waals surface area contributed by atoms with E-state index < -0.39 is 33.2 Å². The van der Waals surface area contributed by atoms with Crippen molar-refractivity contribution in [3.05, 3.63) is 84.0 Å². The molecule has 4 rings (SSSR count). The number of piperidine rings is 1. The lowest BCUT2D eigenvalue weighted by Gasteiger charge is -2.34. The topological polar surface area (TPSA) is 88.3 Å². The molecule has 0 saturated carbocycles. The fourth-order valence-corrected chi connectivity index (χ4v) is 6.03. The predicted molar refractivity (Wildman–Crippen MR) is 132 cm³/mol. The highest BCUT2D eigenvalue weighted by molar-refractivity contribution is 7.89. The van der Waals surface area contributed by atoms with Crippen LogP contribution >= 0.6 is 0 Å². The molecule has 3 aromatic rings. The highest BCUT2D eigenvalue weighted by Crippen LogP contribution is 2.36. The second-order valence-electron chi connectivity index (χ2n) is 9.21. The Morgan fingerprint density at radius 3 is 2.47 bits per heavy atom. The molecule has 2 heterocycles. The van der Waals surface area contributed by atoms with Gasteiger partial charge in [0.15, 0.2) is 0 Å². The maximum atomic E-state index is 14.7. The van der Waals surface area contributed by atoms with Gasteiger partial charge in [-0.2, -0.15) is 9.40 Å². The van der Waals surface area contributed by atoms with E-state index in [-0.39, 0.29) is 17.0 Å². The first kappa shape index (κ1) is 26.1. The van der Waals surface area contributed by atoms with Gasteiger partial charge in [-0.1, -0.05) is 43.7 Å². The van der Waals surface area contributed by atoms with E-state index in [1.165, 1.54) is 27.7 Å². The Morgan fingerprint density at radius 1 is 1.11 bits per heavy atom. The Bertz CT molecular complexity index is 1290. The van der Waals surface area contributed by atoms with Crippen LogP contribution in [0, 0.1) is 17.6 Å². The number of allylic oxidation sites excluding steroid dienone is 1. The smallest absolute Gasteiger partial charge is 0.243 e. The Balaban J connectivity index is 1.49. The number of aliphatic hydroxyl groups is 1. The van der Waals surface area contributed by atoms with Crippen LogP contribution < -0.4 is 0 Å². The monoisotopic (exact) mass is 516 g/mol. The molecule has 10 heteroatoms. The fraction of sp³-hybridized carbons (Fsp3) is 0.385. The number of hydrogen-bond donors (Lipinski definition) is 1. The van der Waals surface area contributed by atoms with E-state index in [0.29, 0.717) is 19.5 Å². The molecule has 1 aliphatic rings. The summed E-state index contributed by atoms with van der Waals surface area (Å²) in [6.45, 7) is 2.81. The van der Waals surface area contributed by atoms with Gasteiger partial charge in [0.05, 0.1) is 11.4 Å². The minimum absolute atomic E-state index is 0.0208. The van der Waals surface area contributed by atoms with E-state index >= 15 is 0 Å². The molecule has 36 heavy (non-hydrogen) atoms. The van der Waals surface area contributed by atoms with Gasteiger partial charge in [-0.3, -0.25) is 0 Å². The largest absolute Gasteiger partial charge is 0.383 e. The minimum atomic E-state index is -3.49. The Kier molecular flexibility index (Phi) is 7.97. The van der Waals surface area contributed by atoms with E-state index in [4.69, 9.17) is 0 Å². The lowest BCUT2D eigenvalue weighted by atomic mass is 9.80. The second-order valence-corrected chi connectivity index (χ2v) is 11.2. The lowest BCUT2D eigenvalue weighted by molar-refractivity contribution is -0.0379. The van der Waals surface area contributed by atoms with Crippen molar-refractivity contribution in [3.8, 4) is 0 Å². The van der Waals surface area contributed by atoms with Crippen LogP contribution in [0.3, 0.4) is 0 Å². The summed E-state index contributed by atoms with van der Waals surface area (Å²) in [5.74, 6) is -2.03. The molecule has 0 unspecified atom stereocenters. The minimum Gasteiger partial charge on any atom is -0.383 e. The van der Waals surface area contributed by atoms with Crippen LogP contribution in [0.1, 0.15) is 43.7 Å². The highest BCUT2D eigenvalue weighted by atomic mass is 32.2. The summed E-state index contributed by atoms with van der Waals surface area (Å²) in [7, 11) is -3.49. The summed E-state index contributed by atoms with van der Waals surface area (Å²) >= 11 is 0. The molecule has 192 valence electrons. The number of aromatic nitrogens is 3. The number of halogens is 2. The van der Waals surface area contributed by atoms with Crippen LogP contribution in [0.15, 0.2) is 66.1 Å². The molecule has 2 atom stereocenters. The van der Waals surface area contributed by atoms with E-state index in [2.05, 4.69) is 10.1 Å².